The van der Waals surface area contributed by atoms with Crippen LogP contribution in [-0.2, 0) is 11.7 Å². The zero-order chi connectivity index (χ0) is 18.7. The Labute approximate surface area is 136 Å². The molecule has 2 aromatic heterocycles. The SMILES string of the molecule is Nc1ncnc2c1ncn2CC1([O])CC1(CC(F)(F)F)CC(F)(F)F. The van der Waals surface area contributed by atoms with Gasteiger partial charge in [0.25, 0.3) is 0 Å². The van der Waals surface area contributed by atoms with Crippen LogP contribution in [0.15, 0.2) is 12.7 Å². The van der Waals surface area contributed by atoms with Crippen LogP contribution in [0.2, 0.25) is 0 Å². The predicted molar refractivity (Wildman–Crippen MR) is 71.5 cm³/mol. The lowest BCUT2D eigenvalue weighted by molar-refractivity contribution is -0.191. The van der Waals surface area contributed by atoms with E-state index in [1.165, 1.54) is 0 Å². The molecule has 12 heteroatoms. The van der Waals surface area contributed by atoms with E-state index in [4.69, 9.17) is 5.73 Å². The number of anilines is 1. The van der Waals surface area contributed by atoms with Gasteiger partial charge in [-0.05, 0) is 6.42 Å². The minimum absolute atomic E-state index is 0.00339. The van der Waals surface area contributed by atoms with Gasteiger partial charge >= 0.3 is 12.4 Å². The van der Waals surface area contributed by atoms with Crippen molar-refractivity contribution in [2.45, 2.75) is 43.8 Å². The van der Waals surface area contributed by atoms with Crippen molar-refractivity contribution in [3.63, 3.8) is 0 Å². The molecule has 137 valence electrons. The van der Waals surface area contributed by atoms with Crippen LogP contribution in [0.5, 0.6) is 0 Å². The number of nitrogens with zero attached hydrogens (tertiary/aromatic N) is 4. The zero-order valence-electron chi connectivity index (χ0n) is 12.5. The topological polar surface area (TPSA) is 89.5 Å². The van der Waals surface area contributed by atoms with Gasteiger partial charge in [0.15, 0.2) is 11.5 Å². The summed E-state index contributed by atoms with van der Waals surface area (Å²) in [7, 11) is 0. The molecule has 0 amide bonds. The molecule has 0 aromatic carbocycles. The molecule has 1 radical (unpaired) electrons. The summed E-state index contributed by atoms with van der Waals surface area (Å²) < 4.78 is 77.5. The molecule has 0 saturated heterocycles. The maximum atomic E-state index is 12.7. The Morgan fingerprint density at radius 2 is 1.68 bits per heavy atom. The fourth-order valence-electron chi connectivity index (χ4n) is 3.29. The first kappa shape index (κ1) is 17.7. The summed E-state index contributed by atoms with van der Waals surface area (Å²) in [6.45, 7) is -0.619. The maximum absolute atomic E-state index is 12.7. The minimum Gasteiger partial charge on any atom is -0.382 e. The van der Waals surface area contributed by atoms with Crippen molar-refractivity contribution in [2.75, 3.05) is 5.73 Å². The first-order valence-electron chi connectivity index (χ1n) is 7.10. The fourth-order valence-corrected chi connectivity index (χ4v) is 3.29. The molecular weight excluding hydrogens is 356 g/mol. The Kier molecular flexibility index (Phi) is 3.68. The van der Waals surface area contributed by atoms with Crippen molar-refractivity contribution >= 4 is 17.0 Å². The summed E-state index contributed by atoms with van der Waals surface area (Å²) in [5, 5.41) is 12.7. The van der Waals surface area contributed by atoms with E-state index >= 15 is 0 Å². The van der Waals surface area contributed by atoms with Crippen LogP contribution in [0.4, 0.5) is 32.2 Å². The first-order chi connectivity index (χ1) is 11.3. The summed E-state index contributed by atoms with van der Waals surface area (Å²) >= 11 is 0. The quantitative estimate of drug-likeness (QED) is 0.841. The monoisotopic (exact) mass is 368 g/mol. The van der Waals surface area contributed by atoms with E-state index in [-0.39, 0.29) is 17.0 Å². The molecule has 1 fully saturated rings. The molecule has 6 nitrogen and oxygen atoms in total. The lowest BCUT2D eigenvalue weighted by atomic mass is 9.92. The Morgan fingerprint density at radius 1 is 1.08 bits per heavy atom. The van der Waals surface area contributed by atoms with Gasteiger partial charge in [0.05, 0.1) is 25.7 Å². The van der Waals surface area contributed by atoms with Gasteiger partial charge in [-0.1, -0.05) is 0 Å². The second-order valence-electron chi connectivity index (χ2n) is 6.34. The smallest absolute Gasteiger partial charge is 0.382 e. The number of hydrogen-bond acceptors (Lipinski definition) is 4. The van der Waals surface area contributed by atoms with Crippen LogP contribution in [-0.4, -0.2) is 37.5 Å². The van der Waals surface area contributed by atoms with E-state index < -0.39 is 49.2 Å². The predicted octanol–water partition coefficient (Wildman–Crippen LogP) is 2.87. The third-order valence-corrected chi connectivity index (χ3v) is 4.40. The Bertz CT molecular complexity index is 784. The van der Waals surface area contributed by atoms with Gasteiger partial charge in [-0.15, -0.1) is 0 Å². The number of hydrogen-bond donors (Lipinski definition) is 1. The van der Waals surface area contributed by atoms with Gasteiger partial charge < -0.3 is 10.3 Å². The third-order valence-electron chi connectivity index (χ3n) is 4.40. The zero-order valence-corrected chi connectivity index (χ0v) is 12.5. The van der Waals surface area contributed by atoms with Crippen LogP contribution < -0.4 is 5.73 Å². The highest BCUT2D eigenvalue weighted by Gasteiger charge is 2.73. The van der Waals surface area contributed by atoms with E-state index in [0.29, 0.717) is 0 Å². The van der Waals surface area contributed by atoms with Gasteiger partial charge in [0, 0.05) is 5.41 Å². The minimum atomic E-state index is -4.87. The van der Waals surface area contributed by atoms with Crippen LogP contribution >= 0.6 is 0 Å². The largest absolute Gasteiger partial charge is 0.389 e. The summed E-state index contributed by atoms with van der Waals surface area (Å²) in [4.78, 5) is 11.4. The highest BCUT2D eigenvalue weighted by atomic mass is 19.4. The van der Waals surface area contributed by atoms with E-state index in [1.54, 1.807) is 0 Å². The van der Waals surface area contributed by atoms with E-state index in [9.17, 15) is 31.4 Å². The maximum Gasteiger partial charge on any atom is 0.389 e. The molecular formula is C13H12F6N5O. The van der Waals surface area contributed by atoms with Gasteiger partial charge in [-0.2, -0.15) is 26.3 Å². The number of nitrogens with two attached hydrogens (primary N) is 1. The Hall–Kier alpha value is -2.11. The van der Waals surface area contributed by atoms with Gasteiger partial charge in [-0.25, -0.2) is 20.1 Å². The summed E-state index contributed by atoms with van der Waals surface area (Å²) in [5.41, 5.74) is 0.923. The molecule has 25 heavy (non-hydrogen) atoms. The molecule has 3 rings (SSSR count). The molecule has 2 heterocycles. The number of halogens is 6. The molecule has 1 saturated carbocycles. The second kappa shape index (κ2) is 5.19. The number of alkyl halides is 6. The van der Waals surface area contributed by atoms with Crippen molar-refractivity contribution in [3.05, 3.63) is 12.7 Å². The van der Waals surface area contributed by atoms with Crippen molar-refractivity contribution in [2.24, 2.45) is 5.41 Å². The van der Waals surface area contributed by atoms with Crippen LogP contribution in [0.25, 0.3) is 11.2 Å². The van der Waals surface area contributed by atoms with Crippen molar-refractivity contribution in [1.82, 2.24) is 19.5 Å². The number of rotatable bonds is 4. The standard InChI is InChI=1S/C13H12F6N5O/c14-12(15,16)2-10(3-13(17,18)19)1-11(10,25)4-24-6-23-7-8(20)21-5-22-9(7)24/h5-6H,1-4H2,(H2,20,21,22). The van der Waals surface area contributed by atoms with Crippen LogP contribution in [0.3, 0.4) is 0 Å². The fraction of sp³-hybridized carbons (Fsp3) is 0.615. The van der Waals surface area contributed by atoms with E-state index in [0.717, 1.165) is 17.2 Å². The first-order valence-corrected chi connectivity index (χ1v) is 7.10. The molecule has 1 atom stereocenters. The molecule has 0 spiro atoms. The lowest BCUT2D eigenvalue weighted by Gasteiger charge is -2.23. The number of fused-ring (bicyclic) bond motifs is 1. The van der Waals surface area contributed by atoms with Crippen LogP contribution in [0, 0.1) is 5.41 Å². The van der Waals surface area contributed by atoms with E-state index in [1.807, 2.05) is 0 Å². The Balaban J connectivity index is 1.91. The normalized spacial score (nSPS) is 23.2. The summed E-state index contributed by atoms with van der Waals surface area (Å²) in [6, 6.07) is 0. The van der Waals surface area contributed by atoms with Gasteiger partial charge in [-0.3, -0.25) is 0 Å². The molecule has 0 bridgehead atoms. The third kappa shape index (κ3) is 3.34. The lowest BCUT2D eigenvalue weighted by Crippen LogP contribution is -2.32. The van der Waals surface area contributed by atoms with Crippen molar-refractivity contribution < 1.29 is 31.4 Å². The molecule has 1 aliphatic carbocycles. The van der Waals surface area contributed by atoms with Gasteiger partial charge in [0.2, 0.25) is 0 Å². The molecule has 1 unspecified atom stereocenters. The summed E-state index contributed by atoms with van der Waals surface area (Å²) in [5.74, 6) is -0.00339. The number of imidazole rings is 1. The number of aromatic nitrogens is 4. The van der Waals surface area contributed by atoms with Crippen molar-refractivity contribution in [3.8, 4) is 0 Å². The Morgan fingerprint density at radius 3 is 2.24 bits per heavy atom. The molecule has 0 aliphatic heterocycles. The summed E-state index contributed by atoms with van der Waals surface area (Å²) in [6.07, 6.45) is -11.9. The van der Waals surface area contributed by atoms with E-state index in [2.05, 4.69) is 15.0 Å². The van der Waals surface area contributed by atoms with Crippen LogP contribution in [0.1, 0.15) is 19.3 Å². The molecule has 2 aromatic rings. The average Bonchev–Trinajstić information content (AvgIpc) is 2.75. The highest BCUT2D eigenvalue weighted by molar-refractivity contribution is 5.81. The highest BCUT2D eigenvalue weighted by Crippen LogP contribution is 2.66. The average molecular weight is 368 g/mol. The second-order valence-corrected chi connectivity index (χ2v) is 6.34. The van der Waals surface area contributed by atoms with Gasteiger partial charge in [0.1, 0.15) is 17.4 Å². The van der Waals surface area contributed by atoms with Crippen molar-refractivity contribution in [1.29, 1.82) is 0 Å². The molecule has 1 aliphatic rings. The number of nitrogen functional groups attached to an aromatic ring is 1. The molecule has 2 N–H and O–H groups in total.